The van der Waals surface area contributed by atoms with E-state index in [4.69, 9.17) is 10.5 Å². The van der Waals surface area contributed by atoms with Gasteiger partial charge in [0.2, 0.25) is 0 Å². The number of hydrogen-bond donors (Lipinski definition) is 1. The molecule has 5 heteroatoms. The molecule has 31 valence electrons. The van der Waals surface area contributed by atoms with Gasteiger partial charge in [-0.2, -0.15) is 0 Å². The fraction of sp³-hybridized carbons (Fsp3) is 0. The van der Waals surface area contributed by atoms with Crippen molar-refractivity contribution in [3.63, 3.8) is 0 Å². The molecule has 5 nitrogen and oxygen atoms in total. The summed E-state index contributed by atoms with van der Waals surface area (Å²) in [5, 5.41) is 23.5. The van der Waals surface area contributed by atoms with Crippen LogP contribution in [-0.4, -0.2) is 5.26 Å². The Morgan fingerprint density at radius 3 is 2.20 bits per heavy atom. The average Bonchev–Trinajstić information content (AvgIpc) is 1.41. The van der Waals surface area contributed by atoms with Gasteiger partial charge >= 0.3 is 0 Å². The third kappa shape index (κ3) is 3.80. The van der Waals surface area contributed by atoms with E-state index in [0.717, 1.165) is 0 Å². The summed E-state index contributed by atoms with van der Waals surface area (Å²) in [7, 11) is 0. The minimum absolute atomic E-state index is 2.47. The summed E-state index contributed by atoms with van der Waals surface area (Å²) >= 11 is 0. The molecule has 0 aliphatic rings. The van der Waals surface area contributed by atoms with Gasteiger partial charge in [-0.25, -0.2) is 5.26 Å². The number of rotatable bonds is 2. The van der Waals surface area contributed by atoms with Gasteiger partial charge in [0.15, 0.2) is 0 Å². The van der Waals surface area contributed by atoms with Gasteiger partial charge in [0.05, 0.1) is 0 Å². The number of hydrogen-bond acceptors (Lipinski definition) is 4. The van der Waals surface area contributed by atoms with E-state index in [2.05, 4.69) is 15.1 Å². The van der Waals surface area contributed by atoms with Crippen molar-refractivity contribution >= 4 is 0 Å². The highest BCUT2D eigenvalue weighted by Gasteiger charge is 1.71. The van der Waals surface area contributed by atoms with Crippen molar-refractivity contribution in [1.29, 1.82) is 0 Å². The fourth-order valence-electron chi connectivity index (χ4n) is 0.0124. The first-order valence-electron chi connectivity index (χ1n) is 0.683. The lowest BCUT2D eigenvalue weighted by molar-refractivity contribution is -0.711. The summed E-state index contributed by atoms with van der Waals surface area (Å²) in [5.41, 5.74) is 0. The first-order chi connectivity index (χ1) is 2.41. The van der Waals surface area contributed by atoms with Gasteiger partial charge in [-0.05, 0) is 20.4 Å². The van der Waals surface area contributed by atoms with Crippen LogP contribution < -0.4 is 0 Å². The van der Waals surface area contributed by atoms with E-state index in [0.29, 0.717) is 0 Å². The second-order valence-corrected chi connectivity index (χ2v) is 0.211. The molecule has 0 atom stereocenters. The van der Waals surface area contributed by atoms with E-state index in [1.807, 2.05) is 0 Å². The predicted molar refractivity (Wildman–Crippen MR) is 6.57 cm³/mol. The molecule has 0 heterocycles. The molecule has 0 bridgehead atoms. The molecular formula is HO5. The molecule has 0 spiro atoms. The van der Waals surface area contributed by atoms with Gasteiger partial charge in [-0.3, -0.25) is 0 Å². The molecule has 0 aliphatic carbocycles. The molecule has 0 fully saturated rings. The normalized spacial score (nSPS) is 8.40. The Bertz CT molecular complexity index is 7.51. The van der Waals surface area contributed by atoms with Crippen LogP contribution in [0.3, 0.4) is 0 Å². The molecule has 5 heavy (non-hydrogen) atoms. The van der Waals surface area contributed by atoms with Gasteiger partial charge < -0.3 is 0 Å². The molecule has 1 N–H and O–H groups in total. The minimum Gasteiger partial charge on any atom is -0.219 e. The zero-order valence-electron chi connectivity index (χ0n) is 2.08. The van der Waals surface area contributed by atoms with Gasteiger partial charge in [0, 0.05) is 0 Å². The van der Waals surface area contributed by atoms with Crippen LogP contribution in [0.1, 0.15) is 0 Å². The second-order valence-electron chi connectivity index (χ2n) is 0.211. The first-order valence-corrected chi connectivity index (χ1v) is 0.683. The van der Waals surface area contributed by atoms with Crippen molar-refractivity contribution in [2.45, 2.75) is 0 Å². The van der Waals surface area contributed by atoms with Crippen LogP contribution in [0.15, 0.2) is 0 Å². The van der Waals surface area contributed by atoms with Crippen molar-refractivity contribution in [1.82, 2.24) is 0 Å². The molecule has 0 saturated heterocycles. The second kappa shape index (κ2) is 3.80. The lowest BCUT2D eigenvalue weighted by Crippen LogP contribution is -1.82. The molecule has 1 radical (unpaired) electrons. The Labute approximate surface area is 27.0 Å². The zero-order chi connectivity index (χ0) is 4.12. The molecule has 0 unspecified atom stereocenters. The molecule has 0 amide bonds. The summed E-state index contributed by atoms with van der Waals surface area (Å²) in [6.07, 6.45) is 0. The Balaban J connectivity index is 2.19. The molecule has 0 rings (SSSR count). The van der Waals surface area contributed by atoms with Gasteiger partial charge in [-0.15, -0.1) is 0 Å². The van der Waals surface area contributed by atoms with E-state index in [9.17, 15) is 0 Å². The van der Waals surface area contributed by atoms with Crippen molar-refractivity contribution in [3.8, 4) is 0 Å². The van der Waals surface area contributed by atoms with Crippen molar-refractivity contribution < 1.29 is 25.6 Å². The van der Waals surface area contributed by atoms with E-state index in [-0.39, 0.29) is 0 Å². The summed E-state index contributed by atoms with van der Waals surface area (Å²) < 4.78 is 0. The standard InChI is InChI=1S/HO5/c1-3-5-4-2/h1H. The molecular weight excluding hydrogens is 80.0 g/mol. The SMILES string of the molecule is [O]OOOO. The van der Waals surface area contributed by atoms with Crippen LogP contribution in [0.4, 0.5) is 0 Å². The van der Waals surface area contributed by atoms with Crippen molar-refractivity contribution in [2.24, 2.45) is 0 Å². The lowest BCUT2D eigenvalue weighted by Gasteiger charge is -1.76. The first kappa shape index (κ1) is 4.80. The Morgan fingerprint density at radius 1 is 1.60 bits per heavy atom. The van der Waals surface area contributed by atoms with Crippen LogP contribution in [0.2, 0.25) is 0 Å². The Kier molecular flexibility index (Phi) is 3.65. The highest BCUT2D eigenvalue weighted by Crippen LogP contribution is 1.65. The van der Waals surface area contributed by atoms with E-state index < -0.39 is 0 Å². The maximum atomic E-state index is 8.52. The van der Waals surface area contributed by atoms with Crippen molar-refractivity contribution in [3.05, 3.63) is 0 Å². The van der Waals surface area contributed by atoms with Gasteiger partial charge in [-0.1, -0.05) is 0 Å². The summed E-state index contributed by atoms with van der Waals surface area (Å²) in [5.74, 6) is 0. The van der Waals surface area contributed by atoms with Crippen LogP contribution in [0.25, 0.3) is 0 Å². The third-order valence-corrected chi connectivity index (χ3v) is 0.0582. The smallest absolute Gasteiger partial charge is 0.00000137 e. The summed E-state index contributed by atoms with van der Waals surface area (Å²) in [4.78, 5) is 0. The molecule has 0 aromatic heterocycles. The highest BCUT2D eigenvalue weighted by atomic mass is 17.7. The van der Waals surface area contributed by atoms with Crippen LogP contribution in [0.5, 0.6) is 0 Å². The van der Waals surface area contributed by atoms with E-state index >= 15 is 0 Å². The maximum Gasteiger partial charge on any atom is -0.00000137 e. The minimum atomic E-state index is 2.47. The van der Waals surface area contributed by atoms with Crippen LogP contribution in [0, 0.1) is 0 Å². The van der Waals surface area contributed by atoms with Gasteiger partial charge in [0.1, 0.15) is 0 Å². The molecule has 0 aromatic rings. The Morgan fingerprint density at radius 2 is 2.20 bits per heavy atom. The van der Waals surface area contributed by atoms with E-state index in [1.54, 1.807) is 0 Å². The van der Waals surface area contributed by atoms with E-state index in [1.165, 1.54) is 0 Å². The largest absolute Gasteiger partial charge is 0.219 e. The van der Waals surface area contributed by atoms with Gasteiger partial charge in [0.25, 0.3) is 0 Å². The zero-order valence-corrected chi connectivity index (χ0v) is 2.08. The highest BCUT2D eigenvalue weighted by molar-refractivity contribution is 2.77. The summed E-state index contributed by atoms with van der Waals surface area (Å²) in [6.45, 7) is 0. The summed E-state index contributed by atoms with van der Waals surface area (Å²) in [6, 6.07) is 0. The molecule has 0 aliphatic heterocycles. The quantitative estimate of drug-likeness (QED) is 0.365. The third-order valence-electron chi connectivity index (χ3n) is 0.0582. The topological polar surface area (TPSA) is 67.8 Å². The van der Waals surface area contributed by atoms with Crippen LogP contribution in [-0.2, 0) is 20.4 Å². The monoisotopic (exact) mass is 81.0 g/mol. The predicted octanol–water partition coefficient (Wildman–Crippen LogP) is -0.315. The Hall–Kier alpha value is -0.200. The molecule has 0 aromatic carbocycles. The lowest BCUT2D eigenvalue weighted by atomic mass is 14.3. The molecule has 0 saturated carbocycles. The van der Waals surface area contributed by atoms with Crippen LogP contribution >= 0.6 is 0 Å². The average molecular weight is 81.0 g/mol. The fourth-order valence-corrected chi connectivity index (χ4v) is 0.0124. The van der Waals surface area contributed by atoms with Crippen molar-refractivity contribution in [2.75, 3.05) is 0 Å². The maximum absolute atomic E-state index is 8.52.